The van der Waals surface area contributed by atoms with Crippen LogP contribution in [0, 0.1) is 0 Å². The number of carbonyl (C=O) groups is 3. The van der Waals surface area contributed by atoms with Crippen LogP contribution in [0.5, 0.6) is 5.75 Å². The van der Waals surface area contributed by atoms with Gasteiger partial charge in [-0.25, -0.2) is 4.79 Å². The van der Waals surface area contributed by atoms with Crippen molar-refractivity contribution in [3.63, 3.8) is 0 Å². The Morgan fingerprint density at radius 2 is 1.90 bits per heavy atom. The fourth-order valence-corrected chi connectivity index (χ4v) is 2.44. The average Bonchev–Trinajstić information content (AvgIpc) is 2.72. The number of para-hydroxylation sites is 1. The molecule has 0 heterocycles. The monoisotopic (exact) mass is 416 g/mol. The maximum Gasteiger partial charge on any atom is 0.331 e. The van der Waals surface area contributed by atoms with Gasteiger partial charge in [0, 0.05) is 13.1 Å². The third-order valence-corrected chi connectivity index (χ3v) is 4.13. The lowest BCUT2D eigenvalue weighted by Gasteiger charge is -2.16. The number of carbonyl (C=O) groups excluding carboxylic acids is 3. The molecule has 29 heavy (non-hydrogen) atoms. The first-order valence-corrected chi connectivity index (χ1v) is 9.04. The second-order valence-corrected chi connectivity index (χ2v) is 6.40. The minimum absolute atomic E-state index is 0.207. The van der Waals surface area contributed by atoms with E-state index in [-0.39, 0.29) is 6.54 Å². The highest BCUT2D eigenvalue weighted by atomic mass is 35.5. The number of benzene rings is 2. The van der Waals surface area contributed by atoms with E-state index in [1.807, 2.05) is 0 Å². The van der Waals surface area contributed by atoms with Crippen LogP contribution in [0.15, 0.2) is 54.6 Å². The summed E-state index contributed by atoms with van der Waals surface area (Å²) in [5.41, 5.74) is 1.20. The highest BCUT2D eigenvalue weighted by Gasteiger charge is 2.15. The van der Waals surface area contributed by atoms with Gasteiger partial charge < -0.3 is 19.7 Å². The predicted molar refractivity (Wildman–Crippen MR) is 111 cm³/mol. The van der Waals surface area contributed by atoms with E-state index in [9.17, 15) is 14.4 Å². The number of anilines is 1. The number of nitrogens with one attached hydrogen (secondary N) is 1. The third-order valence-electron chi connectivity index (χ3n) is 3.80. The lowest BCUT2D eigenvalue weighted by Crippen LogP contribution is -2.37. The van der Waals surface area contributed by atoms with Gasteiger partial charge in [0.2, 0.25) is 5.91 Å². The maximum absolute atomic E-state index is 12.1. The van der Waals surface area contributed by atoms with Crippen molar-refractivity contribution in [1.29, 1.82) is 0 Å². The van der Waals surface area contributed by atoms with E-state index in [0.717, 1.165) is 10.5 Å². The number of amides is 2. The van der Waals surface area contributed by atoms with Gasteiger partial charge in [-0.2, -0.15) is 0 Å². The summed E-state index contributed by atoms with van der Waals surface area (Å²) in [6.07, 6.45) is 2.77. The van der Waals surface area contributed by atoms with Crippen LogP contribution < -0.4 is 10.1 Å². The van der Waals surface area contributed by atoms with Crippen molar-refractivity contribution >= 4 is 41.1 Å². The Morgan fingerprint density at radius 3 is 2.62 bits per heavy atom. The van der Waals surface area contributed by atoms with E-state index in [1.165, 1.54) is 13.1 Å². The van der Waals surface area contributed by atoms with Crippen molar-refractivity contribution in [2.24, 2.45) is 0 Å². The number of halogens is 1. The van der Waals surface area contributed by atoms with Crippen LogP contribution >= 0.6 is 11.6 Å². The second-order valence-electron chi connectivity index (χ2n) is 6.00. The summed E-state index contributed by atoms with van der Waals surface area (Å²) >= 11 is 5.98. The minimum Gasteiger partial charge on any atom is -0.497 e. The summed E-state index contributed by atoms with van der Waals surface area (Å²) in [7, 11) is 2.99. The first kappa shape index (κ1) is 22.0. The Kier molecular flexibility index (Phi) is 8.24. The lowest BCUT2D eigenvalue weighted by atomic mass is 10.2. The van der Waals surface area contributed by atoms with Gasteiger partial charge in [0.05, 0.1) is 24.4 Å². The molecule has 2 rings (SSSR count). The van der Waals surface area contributed by atoms with Crippen molar-refractivity contribution in [3.8, 4) is 5.75 Å². The molecular formula is C21H21ClN2O5. The molecule has 0 saturated heterocycles. The fraction of sp³-hybridized carbons (Fsp3) is 0.190. The van der Waals surface area contributed by atoms with Crippen LogP contribution in [0.1, 0.15) is 5.56 Å². The summed E-state index contributed by atoms with van der Waals surface area (Å²) in [5, 5.41) is 3.01. The van der Waals surface area contributed by atoms with E-state index >= 15 is 0 Å². The van der Waals surface area contributed by atoms with Crippen molar-refractivity contribution < 1.29 is 23.9 Å². The molecule has 2 aromatic rings. The number of esters is 1. The predicted octanol–water partition coefficient (Wildman–Crippen LogP) is 3.00. The topological polar surface area (TPSA) is 84.9 Å². The Balaban J connectivity index is 1.78. The van der Waals surface area contributed by atoms with E-state index in [4.69, 9.17) is 21.1 Å². The molecule has 0 spiro atoms. The highest BCUT2D eigenvalue weighted by Crippen LogP contribution is 2.20. The quantitative estimate of drug-likeness (QED) is 0.528. The van der Waals surface area contributed by atoms with Gasteiger partial charge in [0.15, 0.2) is 6.61 Å². The first-order chi connectivity index (χ1) is 13.9. The molecule has 0 aromatic heterocycles. The standard InChI is InChI=1S/C21H21ClN2O5/c1-24(13-19(25)23-18-9-4-3-8-17(18)22)20(26)14-29-21(27)11-10-15-6-5-7-16(12-15)28-2/h3-12H,13-14H2,1-2H3,(H,23,25)/b11-10+. The summed E-state index contributed by atoms with van der Waals surface area (Å²) < 4.78 is 10.0. The molecule has 0 atom stereocenters. The molecule has 0 aliphatic rings. The molecule has 2 amide bonds. The molecule has 152 valence electrons. The SMILES string of the molecule is COc1cccc(/C=C/C(=O)OCC(=O)N(C)CC(=O)Nc2ccccc2Cl)c1. The van der Waals surface area contributed by atoms with Crippen molar-refractivity contribution in [2.75, 3.05) is 32.6 Å². The smallest absolute Gasteiger partial charge is 0.331 e. The van der Waals surface area contributed by atoms with Gasteiger partial charge in [0.25, 0.3) is 5.91 Å². The highest BCUT2D eigenvalue weighted by molar-refractivity contribution is 6.33. The van der Waals surface area contributed by atoms with E-state index < -0.39 is 24.4 Å². The number of methoxy groups -OCH3 is 1. The number of likely N-dealkylation sites (N-methyl/N-ethyl adjacent to an activating group) is 1. The largest absolute Gasteiger partial charge is 0.497 e. The fourth-order valence-electron chi connectivity index (χ4n) is 2.26. The third kappa shape index (κ3) is 7.31. The zero-order chi connectivity index (χ0) is 21.2. The van der Waals surface area contributed by atoms with Crippen LogP contribution in [0.3, 0.4) is 0 Å². The first-order valence-electron chi connectivity index (χ1n) is 8.66. The molecule has 0 fully saturated rings. The summed E-state index contributed by atoms with van der Waals surface area (Å²) in [6, 6.07) is 13.9. The molecule has 0 unspecified atom stereocenters. The molecule has 1 N–H and O–H groups in total. The second kappa shape index (κ2) is 10.9. The number of hydrogen-bond donors (Lipinski definition) is 1. The molecule has 0 bridgehead atoms. The molecule has 0 aliphatic carbocycles. The Hall–Kier alpha value is -3.32. The van der Waals surface area contributed by atoms with E-state index in [1.54, 1.807) is 61.7 Å². The summed E-state index contributed by atoms with van der Waals surface area (Å²) in [6.45, 7) is -0.682. The van der Waals surface area contributed by atoms with Gasteiger partial charge in [-0.15, -0.1) is 0 Å². The van der Waals surface area contributed by atoms with Crippen LogP contribution in [-0.2, 0) is 19.1 Å². The molecule has 0 radical (unpaired) electrons. The Bertz CT molecular complexity index is 913. The van der Waals surface area contributed by atoms with Gasteiger partial charge in [0.1, 0.15) is 5.75 Å². The van der Waals surface area contributed by atoms with Gasteiger partial charge in [-0.1, -0.05) is 35.9 Å². The van der Waals surface area contributed by atoms with Crippen LogP contribution in [0.25, 0.3) is 6.08 Å². The minimum atomic E-state index is -0.671. The van der Waals surface area contributed by atoms with Gasteiger partial charge in [-0.05, 0) is 35.9 Å². The number of rotatable bonds is 8. The zero-order valence-electron chi connectivity index (χ0n) is 16.1. The summed E-state index contributed by atoms with van der Waals surface area (Å²) in [4.78, 5) is 37.1. The normalized spacial score (nSPS) is 10.4. The molecule has 7 nitrogen and oxygen atoms in total. The van der Waals surface area contributed by atoms with Crippen LogP contribution in [-0.4, -0.2) is 50.0 Å². The van der Waals surface area contributed by atoms with Gasteiger partial charge >= 0.3 is 5.97 Å². The Labute approximate surface area is 173 Å². The molecule has 0 aliphatic heterocycles. The number of hydrogen-bond acceptors (Lipinski definition) is 5. The van der Waals surface area contributed by atoms with E-state index in [2.05, 4.69) is 5.32 Å². The van der Waals surface area contributed by atoms with Crippen LogP contribution in [0.4, 0.5) is 5.69 Å². The Morgan fingerprint density at radius 1 is 1.14 bits per heavy atom. The van der Waals surface area contributed by atoms with E-state index in [0.29, 0.717) is 16.5 Å². The summed E-state index contributed by atoms with van der Waals surface area (Å²) in [5.74, 6) is -0.942. The van der Waals surface area contributed by atoms with Gasteiger partial charge in [-0.3, -0.25) is 9.59 Å². The average molecular weight is 417 g/mol. The lowest BCUT2D eigenvalue weighted by molar-refractivity contribution is -0.148. The zero-order valence-corrected chi connectivity index (χ0v) is 16.8. The van der Waals surface area contributed by atoms with Crippen molar-refractivity contribution in [1.82, 2.24) is 4.90 Å². The van der Waals surface area contributed by atoms with Crippen LogP contribution in [0.2, 0.25) is 5.02 Å². The molecule has 8 heteroatoms. The molecular weight excluding hydrogens is 396 g/mol. The maximum atomic E-state index is 12.1. The molecule has 2 aromatic carbocycles. The van der Waals surface area contributed by atoms with Crippen molar-refractivity contribution in [2.45, 2.75) is 0 Å². The number of ether oxygens (including phenoxy) is 2. The number of nitrogens with zero attached hydrogens (tertiary/aromatic N) is 1. The van der Waals surface area contributed by atoms with Crippen molar-refractivity contribution in [3.05, 3.63) is 65.2 Å². The molecule has 0 saturated carbocycles.